The molecule has 0 saturated carbocycles. The number of aliphatic carboxylic acids is 1. The first-order chi connectivity index (χ1) is 17.4. The Morgan fingerprint density at radius 1 is 1.17 bits per heavy atom. The van der Waals surface area contributed by atoms with Crippen LogP contribution in [0, 0.1) is 0 Å². The summed E-state index contributed by atoms with van der Waals surface area (Å²) >= 11 is 6.19. The fourth-order valence-corrected chi connectivity index (χ4v) is 4.03. The van der Waals surface area contributed by atoms with Crippen LogP contribution in [0.5, 0.6) is 5.75 Å². The molecule has 186 valence electrons. The molecule has 1 amide bonds. The molecule has 9 nitrogen and oxygen atoms in total. The summed E-state index contributed by atoms with van der Waals surface area (Å²) in [6.07, 6.45) is 1.77. The first-order valence-corrected chi connectivity index (χ1v) is 11.7. The third-order valence-electron chi connectivity index (χ3n) is 5.67. The van der Waals surface area contributed by atoms with Crippen LogP contribution in [0.15, 0.2) is 65.8 Å². The predicted octanol–water partition coefficient (Wildman–Crippen LogP) is 3.80. The van der Waals surface area contributed by atoms with Gasteiger partial charge >= 0.3 is 5.97 Å². The quantitative estimate of drug-likeness (QED) is 0.281. The van der Waals surface area contributed by atoms with Crippen LogP contribution in [0.3, 0.4) is 0 Å². The summed E-state index contributed by atoms with van der Waals surface area (Å²) in [5, 5.41) is 19.8. The number of carbonyl (C=O) groups excluding carboxylic acids is 1. The third-order valence-corrected chi connectivity index (χ3v) is 5.90. The monoisotopic (exact) mass is 507 g/mol. The zero-order chi connectivity index (χ0) is 25.5. The molecule has 0 fully saturated rings. The first-order valence-electron chi connectivity index (χ1n) is 11.3. The number of hydrogen-bond donors (Lipinski definition) is 5. The molecule has 0 radical (unpaired) electrons. The number of hydrogen-bond acceptors (Lipinski definition) is 7. The summed E-state index contributed by atoms with van der Waals surface area (Å²) in [4.78, 5) is 24.3. The molecule has 0 aliphatic carbocycles. The Hall–Kier alpha value is -4.08. The third kappa shape index (κ3) is 6.12. The Bertz CT molecular complexity index is 1280. The molecule has 36 heavy (non-hydrogen) atoms. The van der Waals surface area contributed by atoms with Gasteiger partial charge in [-0.05, 0) is 35.9 Å². The van der Waals surface area contributed by atoms with E-state index in [9.17, 15) is 9.59 Å². The molecule has 3 aromatic carbocycles. The standard InChI is InChI=1S/C26H26ClN5O4/c27-19-6-9-23(22(10-19)26(35)32-20-7-4-16(11-28)5-8-20)29-12-17-2-1-3-21(18-13-30-31-14-18)25(17)36-15-24(33)34/h1-10,13,18,29,31H,11-12,14-15,28H2,(H,32,35)(H,33,34). The van der Waals surface area contributed by atoms with E-state index < -0.39 is 12.6 Å². The number of ether oxygens (including phenoxy) is 1. The molecule has 1 unspecified atom stereocenters. The van der Waals surface area contributed by atoms with Gasteiger partial charge in [-0.1, -0.05) is 41.9 Å². The number of para-hydroxylation sites is 1. The maximum Gasteiger partial charge on any atom is 0.341 e. The van der Waals surface area contributed by atoms with E-state index in [1.54, 1.807) is 36.5 Å². The van der Waals surface area contributed by atoms with Crippen LogP contribution in [-0.4, -0.2) is 36.3 Å². The van der Waals surface area contributed by atoms with Crippen LogP contribution in [-0.2, 0) is 17.9 Å². The number of rotatable bonds is 10. The van der Waals surface area contributed by atoms with Gasteiger partial charge in [-0.25, -0.2) is 4.79 Å². The van der Waals surface area contributed by atoms with E-state index in [1.165, 1.54) is 0 Å². The molecular formula is C26H26ClN5O4. The number of nitrogens with zero attached hydrogens (tertiary/aromatic N) is 1. The first kappa shape index (κ1) is 25.0. The van der Waals surface area contributed by atoms with Crippen molar-refractivity contribution in [1.82, 2.24) is 5.43 Å². The van der Waals surface area contributed by atoms with E-state index in [0.29, 0.717) is 40.8 Å². The molecule has 1 aliphatic rings. The highest BCUT2D eigenvalue weighted by molar-refractivity contribution is 6.31. The van der Waals surface area contributed by atoms with Gasteiger partial charge in [0.1, 0.15) is 5.75 Å². The van der Waals surface area contributed by atoms with Gasteiger partial charge in [0.25, 0.3) is 5.91 Å². The van der Waals surface area contributed by atoms with Gasteiger partial charge in [-0.15, -0.1) is 0 Å². The molecule has 6 N–H and O–H groups in total. The number of carboxylic acids is 1. The lowest BCUT2D eigenvalue weighted by molar-refractivity contribution is -0.139. The lowest BCUT2D eigenvalue weighted by Gasteiger charge is -2.19. The number of halogens is 1. The highest BCUT2D eigenvalue weighted by Gasteiger charge is 2.21. The SMILES string of the molecule is NCc1ccc(NC(=O)c2cc(Cl)ccc2NCc2cccc(C3C=NNC3)c2OCC(=O)O)cc1. The molecule has 1 heterocycles. The Balaban J connectivity index is 1.56. The van der Waals surface area contributed by atoms with Crippen molar-refractivity contribution >= 4 is 41.1 Å². The van der Waals surface area contributed by atoms with Crippen molar-refractivity contribution in [3.8, 4) is 5.75 Å². The highest BCUT2D eigenvalue weighted by atomic mass is 35.5. The molecule has 10 heteroatoms. The smallest absolute Gasteiger partial charge is 0.341 e. The Kier molecular flexibility index (Phi) is 8.04. The molecule has 1 aliphatic heterocycles. The van der Waals surface area contributed by atoms with Crippen LogP contribution >= 0.6 is 11.6 Å². The maximum atomic E-state index is 13.1. The summed E-state index contributed by atoms with van der Waals surface area (Å²) in [6, 6.07) is 17.9. The number of carboxylic acid groups (broad SMARTS) is 1. The van der Waals surface area contributed by atoms with Crippen molar-refractivity contribution in [2.45, 2.75) is 19.0 Å². The number of anilines is 2. The van der Waals surface area contributed by atoms with Gasteiger partial charge in [0.05, 0.1) is 5.56 Å². The lowest BCUT2D eigenvalue weighted by atomic mass is 9.97. The van der Waals surface area contributed by atoms with Crippen LogP contribution in [0.2, 0.25) is 5.02 Å². The van der Waals surface area contributed by atoms with Crippen molar-refractivity contribution in [2.75, 3.05) is 23.8 Å². The van der Waals surface area contributed by atoms with E-state index in [2.05, 4.69) is 21.2 Å². The van der Waals surface area contributed by atoms with Gasteiger partial charge < -0.3 is 31.6 Å². The van der Waals surface area contributed by atoms with Gasteiger partial charge in [-0.3, -0.25) is 4.79 Å². The van der Waals surface area contributed by atoms with Crippen molar-refractivity contribution in [1.29, 1.82) is 0 Å². The van der Waals surface area contributed by atoms with E-state index in [-0.39, 0.29) is 18.4 Å². The summed E-state index contributed by atoms with van der Waals surface area (Å²) in [5.74, 6) is -0.966. The fourth-order valence-electron chi connectivity index (χ4n) is 3.85. The summed E-state index contributed by atoms with van der Waals surface area (Å²) in [5.41, 5.74) is 12.6. The second-order valence-electron chi connectivity index (χ2n) is 8.16. The summed E-state index contributed by atoms with van der Waals surface area (Å²) < 4.78 is 5.69. The second kappa shape index (κ2) is 11.6. The number of hydrazone groups is 1. The second-order valence-corrected chi connectivity index (χ2v) is 8.60. The van der Waals surface area contributed by atoms with Gasteiger partial charge in [0, 0.05) is 59.3 Å². The van der Waals surface area contributed by atoms with E-state index >= 15 is 0 Å². The van der Waals surface area contributed by atoms with E-state index in [4.69, 9.17) is 27.2 Å². The van der Waals surface area contributed by atoms with Crippen molar-refractivity contribution in [3.05, 3.63) is 87.9 Å². The normalized spacial score (nSPS) is 14.2. The maximum absolute atomic E-state index is 13.1. The zero-order valence-electron chi connectivity index (χ0n) is 19.3. The number of amides is 1. The summed E-state index contributed by atoms with van der Waals surface area (Å²) in [6.45, 7) is 0.820. The molecule has 1 atom stereocenters. The predicted molar refractivity (Wildman–Crippen MR) is 140 cm³/mol. The number of carbonyl (C=O) groups is 2. The minimum atomic E-state index is -1.07. The van der Waals surface area contributed by atoms with E-state index in [0.717, 1.165) is 16.7 Å². The topological polar surface area (TPSA) is 138 Å². The summed E-state index contributed by atoms with van der Waals surface area (Å²) in [7, 11) is 0. The minimum Gasteiger partial charge on any atom is -0.481 e. The number of benzene rings is 3. The van der Waals surface area contributed by atoms with Gasteiger partial charge in [-0.2, -0.15) is 5.10 Å². The number of nitrogens with one attached hydrogen (secondary N) is 3. The van der Waals surface area contributed by atoms with Crippen LogP contribution in [0.4, 0.5) is 11.4 Å². The molecule has 3 aromatic rings. The van der Waals surface area contributed by atoms with Crippen LogP contribution < -0.4 is 26.5 Å². The zero-order valence-corrected chi connectivity index (χ0v) is 20.1. The Labute approximate surface area is 213 Å². The van der Waals surface area contributed by atoms with Crippen LogP contribution in [0.1, 0.15) is 33.0 Å². The highest BCUT2D eigenvalue weighted by Crippen LogP contribution is 2.32. The molecule has 0 saturated heterocycles. The van der Waals surface area contributed by atoms with Gasteiger partial charge in [0.15, 0.2) is 6.61 Å². The Morgan fingerprint density at radius 2 is 1.97 bits per heavy atom. The van der Waals surface area contributed by atoms with Crippen molar-refractivity contribution in [2.24, 2.45) is 10.8 Å². The molecule has 0 spiro atoms. The molecular weight excluding hydrogens is 482 g/mol. The lowest BCUT2D eigenvalue weighted by Crippen LogP contribution is -2.17. The van der Waals surface area contributed by atoms with Crippen molar-refractivity contribution in [3.63, 3.8) is 0 Å². The molecule has 4 rings (SSSR count). The largest absolute Gasteiger partial charge is 0.481 e. The van der Waals surface area contributed by atoms with E-state index in [1.807, 2.05) is 30.3 Å². The average molecular weight is 508 g/mol. The number of nitrogens with two attached hydrogens (primary N) is 1. The van der Waals surface area contributed by atoms with Gasteiger partial charge in [0.2, 0.25) is 0 Å². The minimum absolute atomic E-state index is 0.0451. The Morgan fingerprint density at radius 3 is 2.67 bits per heavy atom. The molecule has 0 bridgehead atoms. The van der Waals surface area contributed by atoms with Crippen LogP contribution in [0.25, 0.3) is 0 Å². The fraction of sp³-hybridized carbons (Fsp3) is 0.192. The average Bonchev–Trinajstić information content (AvgIpc) is 3.42. The molecule has 0 aromatic heterocycles. The van der Waals surface area contributed by atoms with Crippen molar-refractivity contribution < 1.29 is 19.4 Å².